The number of nitrogens with zero attached hydrogens (tertiary/aromatic N) is 2. The number of hydrogen-bond acceptors (Lipinski definition) is 6. The first-order valence-corrected chi connectivity index (χ1v) is 7.77. The lowest BCUT2D eigenvalue weighted by molar-refractivity contribution is 0.452. The summed E-state index contributed by atoms with van der Waals surface area (Å²) in [7, 11) is -3.31. The largest absolute Gasteiger partial charge is 0.437 e. The molecule has 0 saturated carbocycles. The number of ether oxygens (including phenoxy) is 1. The Hall–Kier alpha value is -2.06. The molecule has 0 saturated heterocycles. The highest BCUT2D eigenvalue weighted by atomic mass is 32.2. The van der Waals surface area contributed by atoms with Crippen LogP contribution in [-0.2, 0) is 9.84 Å². The van der Waals surface area contributed by atoms with Crippen LogP contribution in [0.3, 0.4) is 0 Å². The Morgan fingerprint density at radius 3 is 2.75 bits per heavy atom. The number of rotatable bonds is 4. The summed E-state index contributed by atoms with van der Waals surface area (Å²) in [6.07, 6.45) is 2.56. The van der Waals surface area contributed by atoms with Gasteiger partial charge in [0, 0.05) is 6.26 Å². The molecule has 0 bridgehead atoms. The lowest BCUT2D eigenvalue weighted by atomic mass is 10.3. The molecule has 0 atom stereocenters. The summed E-state index contributed by atoms with van der Waals surface area (Å²) in [6, 6.07) is 7.63. The van der Waals surface area contributed by atoms with E-state index in [1.165, 1.54) is 18.3 Å². The minimum atomic E-state index is -3.31. The Kier molecular flexibility index (Phi) is 3.96. The van der Waals surface area contributed by atoms with Gasteiger partial charge in [-0.05, 0) is 24.3 Å². The van der Waals surface area contributed by atoms with Crippen molar-refractivity contribution in [2.45, 2.75) is 4.90 Å². The van der Waals surface area contributed by atoms with E-state index in [1.807, 2.05) is 0 Å². The van der Waals surface area contributed by atoms with Crippen molar-refractivity contribution in [3.63, 3.8) is 0 Å². The van der Waals surface area contributed by atoms with E-state index in [0.717, 1.165) is 6.26 Å². The fourth-order valence-electron chi connectivity index (χ4n) is 1.46. The van der Waals surface area contributed by atoms with Gasteiger partial charge in [0.05, 0.1) is 16.7 Å². The van der Waals surface area contributed by atoms with Crippen molar-refractivity contribution in [3.8, 4) is 11.6 Å². The minimum absolute atomic E-state index is 0.120. The first kappa shape index (κ1) is 14.4. The number of sulfone groups is 1. The highest BCUT2D eigenvalue weighted by molar-refractivity contribution is 7.90. The maximum absolute atomic E-state index is 11.5. The summed E-state index contributed by atoms with van der Waals surface area (Å²) in [5.41, 5.74) is 5.99. The molecule has 104 valence electrons. The van der Waals surface area contributed by atoms with Crippen molar-refractivity contribution >= 4 is 27.0 Å². The molecule has 0 aliphatic heterocycles. The third-order valence-corrected chi connectivity index (χ3v) is 3.73. The van der Waals surface area contributed by atoms with Gasteiger partial charge >= 0.3 is 0 Å². The van der Waals surface area contributed by atoms with E-state index in [0.29, 0.717) is 11.3 Å². The van der Waals surface area contributed by atoms with Crippen molar-refractivity contribution in [2.24, 2.45) is 5.73 Å². The Bertz CT molecular complexity index is 760. The van der Waals surface area contributed by atoms with Gasteiger partial charge in [-0.15, -0.1) is 5.10 Å². The molecule has 0 radical (unpaired) electrons. The van der Waals surface area contributed by atoms with E-state index < -0.39 is 9.84 Å². The predicted octanol–water partition coefficient (Wildman–Crippen LogP) is 1.31. The van der Waals surface area contributed by atoms with E-state index in [2.05, 4.69) is 10.2 Å². The van der Waals surface area contributed by atoms with Crippen LogP contribution in [0, 0.1) is 0 Å². The zero-order chi connectivity index (χ0) is 14.8. The van der Waals surface area contributed by atoms with E-state index in [4.69, 9.17) is 22.7 Å². The monoisotopic (exact) mass is 309 g/mol. The second kappa shape index (κ2) is 5.51. The third kappa shape index (κ3) is 3.28. The second-order valence-corrected chi connectivity index (χ2v) is 6.42. The first-order chi connectivity index (χ1) is 9.38. The molecule has 0 unspecified atom stereocenters. The summed E-state index contributed by atoms with van der Waals surface area (Å²) in [6.45, 7) is 0. The van der Waals surface area contributed by atoms with E-state index in [-0.39, 0.29) is 15.8 Å². The Morgan fingerprint density at radius 2 is 2.10 bits per heavy atom. The topological polar surface area (TPSA) is 95.2 Å². The average Bonchev–Trinajstić information content (AvgIpc) is 2.38. The molecule has 0 fully saturated rings. The molecule has 1 aromatic heterocycles. The molecule has 0 aliphatic rings. The van der Waals surface area contributed by atoms with Gasteiger partial charge in [-0.3, -0.25) is 0 Å². The molecular formula is C12H11N3O3S2. The minimum Gasteiger partial charge on any atom is -0.437 e. The predicted molar refractivity (Wildman–Crippen MR) is 77.5 cm³/mol. The summed E-state index contributed by atoms with van der Waals surface area (Å²) in [5, 5.41) is 7.48. The Morgan fingerprint density at radius 1 is 1.35 bits per heavy atom. The van der Waals surface area contributed by atoms with Crippen LogP contribution in [0.1, 0.15) is 5.56 Å². The van der Waals surface area contributed by atoms with Crippen LogP contribution in [0.5, 0.6) is 11.6 Å². The van der Waals surface area contributed by atoms with E-state index in [9.17, 15) is 8.42 Å². The Labute approximate surface area is 121 Å². The molecule has 0 aliphatic carbocycles. The highest BCUT2D eigenvalue weighted by Crippen LogP contribution is 2.24. The third-order valence-electron chi connectivity index (χ3n) is 2.40. The van der Waals surface area contributed by atoms with Crippen LogP contribution in [0.4, 0.5) is 0 Å². The number of benzene rings is 1. The molecule has 8 heteroatoms. The molecule has 0 spiro atoms. The van der Waals surface area contributed by atoms with Crippen LogP contribution in [-0.4, -0.2) is 29.9 Å². The van der Waals surface area contributed by atoms with E-state index in [1.54, 1.807) is 18.2 Å². The summed E-state index contributed by atoms with van der Waals surface area (Å²) in [5.74, 6) is 0.441. The first-order valence-electron chi connectivity index (χ1n) is 5.47. The number of thiocarbonyl (C=S) groups is 1. The molecule has 1 aromatic carbocycles. The molecule has 1 heterocycles. The number of hydrogen-bond donors (Lipinski definition) is 1. The SMILES string of the molecule is CS(=O)(=O)c1cccc(Oc2nnccc2C(N)=S)c1. The molecule has 0 amide bonds. The average molecular weight is 309 g/mol. The van der Waals surface area contributed by atoms with Gasteiger partial charge in [0.15, 0.2) is 9.84 Å². The summed E-state index contributed by atoms with van der Waals surface area (Å²) < 4.78 is 28.5. The van der Waals surface area contributed by atoms with Gasteiger partial charge in [0.25, 0.3) is 0 Å². The van der Waals surface area contributed by atoms with Crippen molar-refractivity contribution in [3.05, 3.63) is 42.1 Å². The van der Waals surface area contributed by atoms with Crippen LogP contribution in [0.25, 0.3) is 0 Å². The van der Waals surface area contributed by atoms with Gasteiger partial charge in [-0.2, -0.15) is 5.10 Å². The highest BCUT2D eigenvalue weighted by Gasteiger charge is 2.12. The standard InChI is InChI=1S/C12H11N3O3S2/c1-20(16,17)9-4-2-3-8(7-9)18-12-10(11(13)19)5-6-14-15-12/h2-7H,1H3,(H2,13,19). The molecule has 2 rings (SSSR count). The number of nitrogens with two attached hydrogens (primary N) is 1. The van der Waals surface area contributed by atoms with Gasteiger partial charge in [0.2, 0.25) is 5.88 Å². The second-order valence-electron chi connectivity index (χ2n) is 3.96. The van der Waals surface area contributed by atoms with Gasteiger partial charge < -0.3 is 10.5 Å². The maximum Gasteiger partial charge on any atom is 0.249 e. The van der Waals surface area contributed by atoms with Crippen LogP contribution in [0.15, 0.2) is 41.4 Å². The number of aromatic nitrogens is 2. The molecular weight excluding hydrogens is 298 g/mol. The van der Waals surface area contributed by atoms with Gasteiger partial charge in [0.1, 0.15) is 10.7 Å². The molecule has 6 nitrogen and oxygen atoms in total. The van der Waals surface area contributed by atoms with Crippen molar-refractivity contribution in [1.29, 1.82) is 0 Å². The fraction of sp³-hybridized carbons (Fsp3) is 0.0833. The summed E-state index contributed by atoms with van der Waals surface area (Å²) in [4.78, 5) is 0.268. The van der Waals surface area contributed by atoms with E-state index >= 15 is 0 Å². The smallest absolute Gasteiger partial charge is 0.249 e. The van der Waals surface area contributed by atoms with Crippen molar-refractivity contribution < 1.29 is 13.2 Å². The molecule has 2 N–H and O–H groups in total. The molecule has 20 heavy (non-hydrogen) atoms. The van der Waals surface area contributed by atoms with Gasteiger partial charge in [-0.25, -0.2) is 8.42 Å². The molecule has 2 aromatic rings. The van der Waals surface area contributed by atoms with Crippen LogP contribution < -0.4 is 10.5 Å². The van der Waals surface area contributed by atoms with Gasteiger partial charge in [-0.1, -0.05) is 18.3 Å². The van der Waals surface area contributed by atoms with Crippen LogP contribution >= 0.6 is 12.2 Å². The normalized spacial score (nSPS) is 11.1. The fourth-order valence-corrected chi connectivity index (χ4v) is 2.27. The summed E-state index contributed by atoms with van der Waals surface area (Å²) >= 11 is 4.88. The Balaban J connectivity index is 2.39. The lowest BCUT2D eigenvalue weighted by Gasteiger charge is -2.08. The zero-order valence-corrected chi connectivity index (χ0v) is 12.1. The quantitative estimate of drug-likeness (QED) is 0.851. The zero-order valence-electron chi connectivity index (χ0n) is 10.5. The van der Waals surface area contributed by atoms with Crippen molar-refractivity contribution in [2.75, 3.05) is 6.26 Å². The van der Waals surface area contributed by atoms with Crippen molar-refractivity contribution in [1.82, 2.24) is 10.2 Å². The van der Waals surface area contributed by atoms with Crippen LogP contribution in [0.2, 0.25) is 0 Å². The maximum atomic E-state index is 11.5. The lowest BCUT2D eigenvalue weighted by Crippen LogP contribution is -2.12.